The van der Waals surface area contributed by atoms with Crippen molar-refractivity contribution in [2.45, 2.75) is 0 Å². The highest BCUT2D eigenvalue weighted by molar-refractivity contribution is 7.27. The van der Waals surface area contributed by atoms with Gasteiger partial charge in [0.25, 0.3) is 0 Å². The summed E-state index contributed by atoms with van der Waals surface area (Å²) in [7, 11) is 2.44. The van der Waals surface area contributed by atoms with E-state index in [9.17, 15) is 4.79 Å². The van der Waals surface area contributed by atoms with Crippen molar-refractivity contribution in [1.82, 2.24) is 4.98 Å². The van der Waals surface area contributed by atoms with Gasteiger partial charge in [-0.3, -0.25) is 4.79 Å². The molecule has 0 aromatic carbocycles. The smallest absolute Gasteiger partial charge is 0.189 e. The molecule has 1 N–H and O–H groups in total. The molecule has 1 heterocycles. The van der Waals surface area contributed by atoms with Crippen molar-refractivity contribution in [2.24, 2.45) is 0 Å². The topological polar surface area (TPSA) is 32.9 Å². The molecule has 52 valence electrons. The third-order valence-electron chi connectivity index (χ3n) is 1.23. The molecule has 0 aliphatic rings. The Morgan fingerprint density at radius 1 is 1.70 bits per heavy atom. The fourth-order valence-electron chi connectivity index (χ4n) is 0.718. The van der Waals surface area contributed by atoms with Crippen molar-refractivity contribution >= 4 is 20.8 Å². The third-order valence-corrected chi connectivity index (χ3v) is 1.71. The Morgan fingerprint density at radius 2 is 2.40 bits per heavy atom. The number of nitrogens with one attached hydrogen (secondary N) is 1. The van der Waals surface area contributed by atoms with Gasteiger partial charge in [-0.25, -0.2) is 0 Å². The molecule has 1 aromatic rings. The fourth-order valence-corrected chi connectivity index (χ4v) is 1.07. The molecule has 1 atom stereocenters. The first-order valence-corrected chi connectivity index (χ1v) is 3.43. The summed E-state index contributed by atoms with van der Waals surface area (Å²) < 4.78 is 0. The predicted molar refractivity (Wildman–Crippen MR) is 46.5 cm³/mol. The molecular weight excluding hydrogens is 145 g/mol. The Hall–Kier alpha value is -0.880. The summed E-state index contributed by atoms with van der Waals surface area (Å²) >= 11 is 0. The van der Waals surface area contributed by atoms with Gasteiger partial charge >= 0.3 is 0 Å². The van der Waals surface area contributed by atoms with E-state index in [1.165, 1.54) is 6.07 Å². The van der Waals surface area contributed by atoms with E-state index in [0.29, 0.717) is 5.56 Å². The highest BCUT2D eigenvalue weighted by Crippen LogP contribution is 1.91. The van der Waals surface area contributed by atoms with Gasteiger partial charge in [0, 0.05) is 23.3 Å². The fraction of sp³-hybridized carbons (Fsp3) is 0. The largest absolute Gasteiger partial charge is 0.361 e. The average molecular weight is 153 g/mol. The van der Waals surface area contributed by atoms with E-state index >= 15 is 0 Å². The van der Waals surface area contributed by atoms with E-state index in [2.05, 4.69) is 20.8 Å². The Labute approximate surface area is 61.2 Å². The van der Waals surface area contributed by atoms with Crippen LogP contribution in [-0.2, 0) is 0 Å². The zero-order chi connectivity index (χ0) is 7.56. The second-order valence-corrected chi connectivity index (χ2v) is 2.45. The van der Waals surface area contributed by atoms with Crippen LogP contribution in [0.5, 0.6) is 0 Å². The minimum Gasteiger partial charge on any atom is -0.361 e. The van der Waals surface area contributed by atoms with Gasteiger partial charge in [0.05, 0.1) is 0 Å². The number of H-pyrrole nitrogens is 1. The first-order chi connectivity index (χ1) is 4.75. The predicted octanol–water partition coefficient (Wildman–Crippen LogP) is 0.518. The maximum Gasteiger partial charge on any atom is 0.189 e. The minimum absolute atomic E-state index is 0.00116. The van der Waals surface area contributed by atoms with Crippen LogP contribution in [0, 0.1) is 0 Å². The number of aromatic amines is 1. The Morgan fingerprint density at radius 3 is 2.80 bits per heavy atom. The van der Waals surface area contributed by atoms with E-state index in [4.69, 9.17) is 0 Å². The van der Waals surface area contributed by atoms with Crippen LogP contribution < -0.4 is 10.9 Å². The van der Waals surface area contributed by atoms with Crippen LogP contribution in [0.15, 0.2) is 23.6 Å². The molecule has 2 nitrogen and oxygen atoms in total. The van der Waals surface area contributed by atoms with Gasteiger partial charge in [0.2, 0.25) is 0 Å². The summed E-state index contributed by atoms with van der Waals surface area (Å²) in [6, 6.07) is 1.48. The lowest BCUT2D eigenvalue weighted by atomic mass is 10.3. The van der Waals surface area contributed by atoms with Crippen LogP contribution in [0.1, 0.15) is 5.56 Å². The van der Waals surface area contributed by atoms with E-state index < -0.39 is 0 Å². The third kappa shape index (κ3) is 1.17. The van der Waals surface area contributed by atoms with E-state index in [-0.39, 0.29) is 5.43 Å². The van der Waals surface area contributed by atoms with Gasteiger partial charge in [-0.15, -0.1) is 0 Å². The van der Waals surface area contributed by atoms with Crippen molar-refractivity contribution in [3.05, 3.63) is 34.6 Å². The Kier molecular flexibility index (Phi) is 2.03. The second-order valence-electron chi connectivity index (χ2n) is 1.87. The zero-order valence-electron chi connectivity index (χ0n) is 5.42. The normalized spacial score (nSPS) is 9.30. The molecule has 0 radical (unpaired) electrons. The lowest BCUT2D eigenvalue weighted by molar-refractivity contribution is 1.35. The highest BCUT2D eigenvalue weighted by Gasteiger charge is 1.95. The lowest BCUT2D eigenvalue weighted by Gasteiger charge is -1.95. The quantitative estimate of drug-likeness (QED) is 0.586. The number of rotatable bonds is 1. The lowest BCUT2D eigenvalue weighted by Crippen LogP contribution is -2.14. The van der Waals surface area contributed by atoms with Gasteiger partial charge < -0.3 is 4.98 Å². The zero-order valence-corrected chi connectivity index (χ0v) is 6.58. The van der Waals surface area contributed by atoms with Crippen LogP contribution in [0.25, 0.3) is 6.08 Å². The van der Waals surface area contributed by atoms with Gasteiger partial charge in [0.1, 0.15) is 0 Å². The molecule has 1 aromatic heterocycles. The average Bonchev–Trinajstić information content (AvgIpc) is 1.88. The summed E-state index contributed by atoms with van der Waals surface area (Å²) in [6.45, 7) is 3.52. The van der Waals surface area contributed by atoms with E-state index in [1.54, 1.807) is 12.3 Å². The first-order valence-electron chi connectivity index (χ1n) is 2.85. The SMILES string of the molecule is C=Cc1c(P)[nH]ccc1=O. The van der Waals surface area contributed by atoms with Crippen LogP contribution in [0.4, 0.5) is 0 Å². The minimum atomic E-state index is -0.00116. The highest BCUT2D eigenvalue weighted by atomic mass is 31.0. The Balaban J connectivity index is 3.45. The van der Waals surface area contributed by atoms with Crippen molar-refractivity contribution in [1.29, 1.82) is 0 Å². The molecule has 0 saturated carbocycles. The molecule has 0 spiro atoms. The van der Waals surface area contributed by atoms with Gasteiger partial charge in [0.15, 0.2) is 5.43 Å². The second kappa shape index (κ2) is 2.80. The molecule has 1 rings (SSSR count). The number of hydrogen-bond acceptors (Lipinski definition) is 1. The summed E-state index contributed by atoms with van der Waals surface area (Å²) in [6.07, 6.45) is 3.15. The molecule has 0 amide bonds. The summed E-state index contributed by atoms with van der Waals surface area (Å²) in [5.74, 6) is 0. The van der Waals surface area contributed by atoms with Crippen molar-refractivity contribution < 1.29 is 0 Å². The maximum absolute atomic E-state index is 11.0. The number of aromatic nitrogens is 1. The molecule has 3 heteroatoms. The molecular formula is C7H8NOP. The van der Waals surface area contributed by atoms with Crippen LogP contribution in [-0.4, -0.2) is 4.98 Å². The molecule has 0 aliphatic carbocycles. The summed E-state index contributed by atoms with van der Waals surface area (Å²) in [4.78, 5) is 13.8. The number of hydrogen-bond donors (Lipinski definition) is 1. The van der Waals surface area contributed by atoms with E-state index in [0.717, 1.165) is 5.44 Å². The summed E-state index contributed by atoms with van der Waals surface area (Å²) in [5, 5.41) is 0. The maximum atomic E-state index is 11.0. The first kappa shape index (κ1) is 7.23. The van der Waals surface area contributed by atoms with E-state index in [1.807, 2.05) is 0 Å². The molecule has 10 heavy (non-hydrogen) atoms. The van der Waals surface area contributed by atoms with Crippen molar-refractivity contribution in [2.75, 3.05) is 0 Å². The monoisotopic (exact) mass is 153 g/mol. The molecule has 1 unspecified atom stereocenters. The Bertz CT molecular complexity index is 303. The van der Waals surface area contributed by atoms with Crippen molar-refractivity contribution in [3.8, 4) is 0 Å². The van der Waals surface area contributed by atoms with Crippen LogP contribution in [0.2, 0.25) is 0 Å². The van der Waals surface area contributed by atoms with Gasteiger partial charge in [-0.1, -0.05) is 21.9 Å². The standard InChI is InChI=1S/C7H8NOP/c1-2-5-6(9)3-4-8-7(5)10/h2-4H,1,10H2,(H,8,9). The van der Waals surface area contributed by atoms with Crippen LogP contribution >= 0.6 is 9.24 Å². The number of pyridine rings is 1. The summed E-state index contributed by atoms with van der Waals surface area (Å²) in [5.41, 5.74) is 1.40. The van der Waals surface area contributed by atoms with Gasteiger partial charge in [-0.2, -0.15) is 0 Å². The van der Waals surface area contributed by atoms with Crippen molar-refractivity contribution in [3.63, 3.8) is 0 Å². The molecule has 0 fully saturated rings. The molecule has 0 aliphatic heterocycles. The van der Waals surface area contributed by atoms with Crippen LogP contribution in [0.3, 0.4) is 0 Å². The molecule has 0 saturated heterocycles. The van der Waals surface area contributed by atoms with Gasteiger partial charge in [-0.05, 0) is 0 Å². The molecule has 0 bridgehead atoms.